The Bertz CT molecular complexity index is 1500. The third-order valence-corrected chi connectivity index (χ3v) is 13.1. The predicted molar refractivity (Wildman–Crippen MR) is 208 cm³/mol. The molecule has 4 N–H and O–H groups in total. The maximum absolute atomic E-state index is 14.8. The first-order chi connectivity index (χ1) is 26.0. The van der Waals surface area contributed by atoms with Crippen molar-refractivity contribution < 1.29 is 33.6 Å². The number of nitrogens with one attached hydrogen (secondary N) is 4. The minimum atomic E-state index is -1.04. The SMILES string of the molecule is C=CCNC(=O)C(=O)C(CC1CC1)NC(=O)[C@@H]1[C@@H](C=C)CCN1C(=O)[C@@H](NC(=O)N[C@H](CN1C(=O)CC2(CCCC2)CC1=O)C(C)(C)C)C1(C)CCCCC1. The van der Waals surface area contributed by atoms with E-state index < -0.39 is 70.5 Å². The van der Waals surface area contributed by atoms with Crippen molar-refractivity contribution in [3.8, 4) is 0 Å². The lowest BCUT2D eigenvalue weighted by molar-refractivity contribution is -0.154. The molecule has 5 rings (SSSR count). The highest BCUT2D eigenvalue weighted by Crippen LogP contribution is 2.47. The van der Waals surface area contributed by atoms with E-state index in [0.717, 1.165) is 57.8 Å². The molecule has 0 aromatic carbocycles. The van der Waals surface area contributed by atoms with Crippen molar-refractivity contribution in [2.45, 2.75) is 148 Å². The van der Waals surface area contributed by atoms with E-state index in [0.29, 0.717) is 38.5 Å². The number of nitrogens with zero attached hydrogens (tertiary/aromatic N) is 2. The van der Waals surface area contributed by atoms with Gasteiger partial charge in [0.15, 0.2) is 0 Å². The van der Waals surface area contributed by atoms with Crippen molar-refractivity contribution in [1.82, 2.24) is 31.1 Å². The molecule has 3 aliphatic carbocycles. The molecule has 5 atom stereocenters. The first-order valence-electron chi connectivity index (χ1n) is 20.6. The third kappa shape index (κ3) is 10.0. The number of rotatable bonds is 15. The zero-order chi connectivity index (χ0) is 40.1. The number of carbonyl (C=O) groups excluding carboxylic acids is 7. The van der Waals surface area contributed by atoms with Gasteiger partial charge in [0.05, 0.1) is 12.1 Å². The standard InChI is InChI=1S/C42H64N6O7/c1-7-21-43-37(53)34(51)29(23-27-14-15-27)44-36(52)33-28(8-2)16-22-47(33)38(54)35(41(6)17-10-9-11-18-41)46-39(55)45-30(40(3,4)5)26-48-31(49)24-42(25-32(48)50)19-12-13-20-42/h7-8,27-30,33,35H,1-2,9-26H2,3-6H3,(H,43,53)(H,44,52)(H2,45,46,55)/t28-,29?,30+,33-,35+/m0/s1. The number of Topliss-reactive ketones (excluding diaryl/α,β-unsaturated/α-hetero) is 1. The fourth-order valence-electron chi connectivity index (χ4n) is 9.35. The summed E-state index contributed by atoms with van der Waals surface area (Å²) in [6, 6.07) is -4.21. The van der Waals surface area contributed by atoms with Crippen molar-refractivity contribution >= 4 is 41.4 Å². The van der Waals surface area contributed by atoms with Crippen LogP contribution in [-0.4, -0.2) is 95.0 Å². The second kappa shape index (κ2) is 17.4. The molecule has 304 valence electrons. The summed E-state index contributed by atoms with van der Waals surface area (Å²) in [4.78, 5) is 98.5. The molecule has 0 bridgehead atoms. The lowest BCUT2D eigenvalue weighted by atomic mass is 9.70. The molecule has 2 aliphatic heterocycles. The number of hydrogen-bond acceptors (Lipinski definition) is 7. The van der Waals surface area contributed by atoms with Crippen LogP contribution < -0.4 is 21.3 Å². The highest BCUT2D eigenvalue weighted by Gasteiger charge is 2.50. The molecule has 55 heavy (non-hydrogen) atoms. The summed E-state index contributed by atoms with van der Waals surface area (Å²) < 4.78 is 0. The summed E-state index contributed by atoms with van der Waals surface area (Å²) >= 11 is 0. The first kappa shape index (κ1) is 42.1. The van der Waals surface area contributed by atoms with Gasteiger partial charge in [0.1, 0.15) is 12.1 Å². The van der Waals surface area contributed by atoms with Crippen molar-refractivity contribution in [1.29, 1.82) is 0 Å². The Balaban J connectivity index is 1.34. The molecule has 0 aromatic heterocycles. The van der Waals surface area contributed by atoms with Crippen molar-refractivity contribution in [3.63, 3.8) is 0 Å². The Morgan fingerprint density at radius 1 is 0.873 bits per heavy atom. The molecule has 5 aliphatic rings. The maximum atomic E-state index is 14.8. The van der Waals surface area contributed by atoms with Crippen LogP contribution in [0.4, 0.5) is 4.79 Å². The minimum Gasteiger partial charge on any atom is -0.346 e. The Kier molecular flexibility index (Phi) is 13.3. The molecule has 1 unspecified atom stereocenters. The van der Waals surface area contributed by atoms with Crippen LogP contribution in [0.3, 0.4) is 0 Å². The van der Waals surface area contributed by atoms with E-state index in [4.69, 9.17) is 0 Å². The molecule has 3 saturated carbocycles. The van der Waals surface area contributed by atoms with E-state index in [2.05, 4.69) is 34.4 Å². The smallest absolute Gasteiger partial charge is 0.315 e. The number of piperidine rings is 1. The molecular weight excluding hydrogens is 700 g/mol. The summed E-state index contributed by atoms with van der Waals surface area (Å²) in [5.74, 6) is -3.05. The number of likely N-dealkylation sites (tertiary alicyclic amines) is 2. The Labute approximate surface area is 326 Å². The highest BCUT2D eigenvalue weighted by molar-refractivity contribution is 6.38. The normalized spacial score (nSPS) is 25.1. The maximum Gasteiger partial charge on any atom is 0.315 e. The lowest BCUT2D eigenvalue weighted by Crippen LogP contribution is -2.63. The quantitative estimate of drug-likeness (QED) is 0.109. The van der Waals surface area contributed by atoms with Gasteiger partial charge in [-0.05, 0) is 60.7 Å². The molecule has 7 amide bonds. The first-order valence-corrected chi connectivity index (χ1v) is 20.6. The van der Waals surface area contributed by atoms with Gasteiger partial charge in [-0.1, -0.05) is 84.8 Å². The Morgan fingerprint density at radius 2 is 1.49 bits per heavy atom. The number of imide groups is 1. The second-order valence-electron chi connectivity index (χ2n) is 18.4. The largest absolute Gasteiger partial charge is 0.346 e. The lowest BCUT2D eigenvalue weighted by Gasteiger charge is -2.43. The molecular formula is C42H64N6O7. The summed E-state index contributed by atoms with van der Waals surface area (Å²) in [6.45, 7) is 15.7. The Morgan fingerprint density at radius 3 is 2.05 bits per heavy atom. The van der Waals surface area contributed by atoms with E-state index in [9.17, 15) is 33.6 Å². The molecule has 1 spiro atoms. The monoisotopic (exact) mass is 764 g/mol. The van der Waals surface area contributed by atoms with Crippen LogP contribution in [0.2, 0.25) is 0 Å². The molecule has 2 heterocycles. The van der Waals surface area contributed by atoms with Crippen LogP contribution in [0.1, 0.15) is 124 Å². The van der Waals surface area contributed by atoms with Crippen LogP contribution in [0, 0.1) is 28.1 Å². The van der Waals surface area contributed by atoms with Crippen LogP contribution in [-0.2, 0) is 28.8 Å². The van der Waals surface area contributed by atoms with E-state index in [1.807, 2.05) is 27.7 Å². The second-order valence-corrected chi connectivity index (χ2v) is 18.4. The van der Waals surface area contributed by atoms with Gasteiger partial charge < -0.3 is 26.2 Å². The van der Waals surface area contributed by atoms with Crippen LogP contribution in [0.5, 0.6) is 0 Å². The van der Waals surface area contributed by atoms with Gasteiger partial charge >= 0.3 is 6.03 Å². The number of carbonyl (C=O) groups is 7. The minimum absolute atomic E-state index is 0.0300. The van der Waals surface area contributed by atoms with Crippen molar-refractivity contribution in [2.24, 2.45) is 28.1 Å². The van der Waals surface area contributed by atoms with Crippen LogP contribution >= 0.6 is 0 Å². The zero-order valence-electron chi connectivity index (χ0n) is 33.5. The van der Waals surface area contributed by atoms with E-state index in [-0.39, 0.29) is 42.8 Å². The van der Waals surface area contributed by atoms with Crippen LogP contribution in [0.15, 0.2) is 25.3 Å². The van der Waals surface area contributed by atoms with Crippen molar-refractivity contribution in [2.75, 3.05) is 19.6 Å². The van der Waals surface area contributed by atoms with Gasteiger partial charge in [0.25, 0.3) is 5.91 Å². The molecule has 5 fully saturated rings. The van der Waals surface area contributed by atoms with Gasteiger partial charge in [-0.15, -0.1) is 13.2 Å². The fourth-order valence-corrected chi connectivity index (χ4v) is 9.35. The molecule has 2 saturated heterocycles. The average Bonchev–Trinajstić information content (AvgIpc) is 3.66. The number of amides is 7. The van der Waals surface area contributed by atoms with Gasteiger partial charge in [0.2, 0.25) is 29.4 Å². The van der Waals surface area contributed by atoms with E-state index in [1.165, 1.54) is 15.9 Å². The van der Waals surface area contributed by atoms with Crippen molar-refractivity contribution in [3.05, 3.63) is 25.3 Å². The number of ketones is 1. The number of hydrogen-bond donors (Lipinski definition) is 4. The summed E-state index contributed by atoms with van der Waals surface area (Å²) in [6.07, 6.45) is 14.4. The highest BCUT2D eigenvalue weighted by atomic mass is 16.2. The average molecular weight is 765 g/mol. The van der Waals surface area contributed by atoms with E-state index in [1.54, 1.807) is 6.08 Å². The van der Waals surface area contributed by atoms with Gasteiger partial charge in [-0.3, -0.25) is 33.7 Å². The predicted octanol–water partition coefficient (Wildman–Crippen LogP) is 4.31. The van der Waals surface area contributed by atoms with Crippen LogP contribution in [0.25, 0.3) is 0 Å². The third-order valence-electron chi connectivity index (χ3n) is 13.1. The molecule has 13 heteroatoms. The van der Waals surface area contributed by atoms with Gasteiger partial charge in [-0.2, -0.15) is 0 Å². The topological polar surface area (TPSA) is 174 Å². The fraction of sp³-hybridized carbons (Fsp3) is 0.738. The summed E-state index contributed by atoms with van der Waals surface area (Å²) in [7, 11) is 0. The Hall–Kier alpha value is -4.03. The van der Waals surface area contributed by atoms with Gasteiger partial charge in [-0.25, -0.2) is 4.79 Å². The number of urea groups is 1. The van der Waals surface area contributed by atoms with E-state index >= 15 is 0 Å². The molecule has 0 aromatic rings. The summed E-state index contributed by atoms with van der Waals surface area (Å²) in [5, 5.41) is 11.4. The zero-order valence-corrected chi connectivity index (χ0v) is 33.5. The molecule has 13 nitrogen and oxygen atoms in total. The molecule has 0 radical (unpaired) electrons. The van der Waals surface area contributed by atoms with Gasteiger partial charge in [0, 0.05) is 38.4 Å². The summed E-state index contributed by atoms with van der Waals surface area (Å²) in [5.41, 5.74) is -1.39.